The number of rotatable bonds is 9. The lowest BCUT2D eigenvalue weighted by Gasteiger charge is -2.42. The van der Waals surface area contributed by atoms with Crippen molar-refractivity contribution in [2.75, 3.05) is 26.2 Å². The van der Waals surface area contributed by atoms with Crippen molar-refractivity contribution < 1.29 is 0 Å². The highest BCUT2D eigenvalue weighted by atomic mass is 15.3. The van der Waals surface area contributed by atoms with Crippen molar-refractivity contribution in [1.29, 1.82) is 0 Å². The van der Waals surface area contributed by atoms with Gasteiger partial charge in [-0.2, -0.15) is 0 Å². The van der Waals surface area contributed by atoms with Crippen LogP contribution in [0.3, 0.4) is 0 Å². The van der Waals surface area contributed by atoms with E-state index >= 15 is 0 Å². The van der Waals surface area contributed by atoms with Gasteiger partial charge in [0.15, 0.2) is 0 Å². The smallest absolute Gasteiger partial charge is 0.0650 e. The summed E-state index contributed by atoms with van der Waals surface area (Å²) in [5.41, 5.74) is 0. The Morgan fingerprint density at radius 1 is 0.625 bits per heavy atom. The third-order valence-corrected chi connectivity index (χ3v) is 3.84. The molecule has 2 nitrogen and oxygen atoms in total. The monoisotopic (exact) mass is 228 g/mol. The van der Waals surface area contributed by atoms with Crippen LogP contribution >= 0.6 is 0 Å². The van der Waals surface area contributed by atoms with Gasteiger partial charge in [-0.3, -0.25) is 9.80 Å². The number of hydrogen-bond acceptors (Lipinski definition) is 2. The minimum Gasteiger partial charge on any atom is -0.288 e. The standard InChI is InChI=1S/C14H32N2/c1-7-13(8-2)14(15(9-3)10-4)16(11-5)12-6/h13-14H,7-12H2,1-6H3. The van der Waals surface area contributed by atoms with E-state index in [-0.39, 0.29) is 0 Å². The Bertz CT molecular complexity index is 118. The fourth-order valence-electron chi connectivity index (χ4n) is 2.73. The maximum atomic E-state index is 2.62. The highest BCUT2D eigenvalue weighted by Gasteiger charge is 2.27. The van der Waals surface area contributed by atoms with Gasteiger partial charge in [0.25, 0.3) is 0 Å². The first kappa shape index (κ1) is 15.9. The van der Waals surface area contributed by atoms with Crippen LogP contribution in [0, 0.1) is 5.92 Å². The Kier molecular flexibility index (Phi) is 8.96. The third-order valence-electron chi connectivity index (χ3n) is 3.84. The van der Waals surface area contributed by atoms with Crippen LogP contribution in [-0.2, 0) is 0 Å². The summed E-state index contributed by atoms with van der Waals surface area (Å²) in [7, 11) is 0. The molecule has 0 aromatic heterocycles. The molecule has 0 saturated carbocycles. The van der Waals surface area contributed by atoms with Gasteiger partial charge in [-0.25, -0.2) is 0 Å². The van der Waals surface area contributed by atoms with Gasteiger partial charge in [0, 0.05) is 0 Å². The number of nitrogens with zero attached hydrogens (tertiary/aromatic N) is 2. The molecule has 0 spiro atoms. The Hall–Kier alpha value is -0.0800. The predicted octanol–water partition coefficient (Wildman–Crippen LogP) is 3.43. The van der Waals surface area contributed by atoms with Crippen LogP contribution in [0.4, 0.5) is 0 Å². The lowest BCUT2D eigenvalue weighted by molar-refractivity contribution is 0.00874. The van der Waals surface area contributed by atoms with Crippen LogP contribution < -0.4 is 0 Å². The van der Waals surface area contributed by atoms with Gasteiger partial charge in [-0.15, -0.1) is 0 Å². The average Bonchev–Trinajstić information content (AvgIpc) is 2.33. The molecule has 0 aliphatic carbocycles. The second-order valence-corrected chi connectivity index (χ2v) is 4.43. The van der Waals surface area contributed by atoms with Crippen molar-refractivity contribution in [2.45, 2.75) is 60.5 Å². The van der Waals surface area contributed by atoms with Crippen molar-refractivity contribution in [1.82, 2.24) is 9.80 Å². The second kappa shape index (κ2) is 9.00. The van der Waals surface area contributed by atoms with Crippen molar-refractivity contribution in [3.8, 4) is 0 Å². The van der Waals surface area contributed by atoms with Crippen LogP contribution in [-0.4, -0.2) is 42.1 Å². The molecule has 0 unspecified atom stereocenters. The highest BCUT2D eigenvalue weighted by Crippen LogP contribution is 2.21. The Balaban J connectivity index is 4.84. The van der Waals surface area contributed by atoms with Gasteiger partial charge in [0.1, 0.15) is 0 Å². The summed E-state index contributed by atoms with van der Waals surface area (Å²) in [4.78, 5) is 5.23. The first-order valence-corrected chi connectivity index (χ1v) is 7.17. The molecule has 0 heterocycles. The molecule has 0 bridgehead atoms. The molecule has 16 heavy (non-hydrogen) atoms. The van der Waals surface area contributed by atoms with E-state index in [2.05, 4.69) is 51.3 Å². The normalized spacial score (nSPS) is 12.4. The molecule has 0 saturated heterocycles. The van der Waals surface area contributed by atoms with E-state index < -0.39 is 0 Å². The minimum atomic E-state index is 0.639. The second-order valence-electron chi connectivity index (χ2n) is 4.43. The molecule has 0 N–H and O–H groups in total. The van der Waals surface area contributed by atoms with E-state index in [4.69, 9.17) is 0 Å². The topological polar surface area (TPSA) is 6.48 Å². The summed E-state index contributed by atoms with van der Waals surface area (Å²) in [5.74, 6) is 0.805. The minimum absolute atomic E-state index is 0.639. The third kappa shape index (κ3) is 4.06. The van der Waals surface area contributed by atoms with Crippen molar-refractivity contribution >= 4 is 0 Å². The van der Waals surface area contributed by atoms with E-state index in [0.29, 0.717) is 6.17 Å². The zero-order valence-electron chi connectivity index (χ0n) is 12.3. The fraction of sp³-hybridized carbons (Fsp3) is 1.00. The molecule has 0 rings (SSSR count). The highest BCUT2D eigenvalue weighted by molar-refractivity contribution is 4.77. The average molecular weight is 228 g/mol. The van der Waals surface area contributed by atoms with E-state index in [1.165, 1.54) is 12.8 Å². The molecular weight excluding hydrogens is 196 g/mol. The van der Waals surface area contributed by atoms with Crippen LogP contribution in [0.15, 0.2) is 0 Å². The van der Waals surface area contributed by atoms with Crippen molar-refractivity contribution in [3.63, 3.8) is 0 Å². The molecular formula is C14H32N2. The zero-order valence-corrected chi connectivity index (χ0v) is 12.3. The van der Waals surface area contributed by atoms with Gasteiger partial charge >= 0.3 is 0 Å². The maximum Gasteiger partial charge on any atom is 0.0650 e. The van der Waals surface area contributed by atoms with E-state index in [0.717, 1.165) is 32.1 Å². The molecule has 0 radical (unpaired) electrons. The number of hydrogen-bond donors (Lipinski definition) is 0. The summed E-state index contributed by atoms with van der Waals surface area (Å²) in [6, 6.07) is 0. The van der Waals surface area contributed by atoms with Crippen molar-refractivity contribution in [2.24, 2.45) is 5.92 Å². The largest absolute Gasteiger partial charge is 0.288 e. The Labute approximate surface area is 103 Å². The van der Waals surface area contributed by atoms with Crippen LogP contribution in [0.1, 0.15) is 54.4 Å². The van der Waals surface area contributed by atoms with Gasteiger partial charge in [0.2, 0.25) is 0 Å². The molecule has 0 atom stereocenters. The van der Waals surface area contributed by atoms with E-state index in [9.17, 15) is 0 Å². The van der Waals surface area contributed by atoms with Crippen LogP contribution in [0.5, 0.6) is 0 Å². The molecule has 0 aliphatic rings. The molecule has 0 fully saturated rings. The molecule has 0 aromatic rings. The molecule has 2 heteroatoms. The summed E-state index contributed by atoms with van der Waals surface area (Å²) in [5, 5.41) is 0. The van der Waals surface area contributed by atoms with Gasteiger partial charge in [0.05, 0.1) is 6.17 Å². The Morgan fingerprint density at radius 3 is 1.12 bits per heavy atom. The SMILES string of the molecule is CCC(CC)C(N(CC)CC)N(CC)CC. The lowest BCUT2D eigenvalue weighted by Crippen LogP contribution is -2.52. The van der Waals surface area contributed by atoms with Crippen molar-refractivity contribution in [3.05, 3.63) is 0 Å². The molecule has 98 valence electrons. The van der Waals surface area contributed by atoms with Gasteiger partial charge in [-0.1, -0.05) is 54.4 Å². The zero-order chi connectivity index (χ0) is 12.6. The maximum absolute atomic E-state index is 2.62. The molecule has 0 aliphatic heterocycles. The molecule has 0 aromatic carbocycles. The summed E-state index contributed by atoms with van der Waals surface area (Å²) in [6.07, 6.45) is 3.21. The van der Waals surface area contributed by atoms with Crippen LogP contribution in [0.2, 0.25) is 0 Å². The lowest BCUT2D eigenvalue weighted by atomic mass is 9.97. The van der Waals surface area contributed by atoms with Gasteiger partial charge in [-0.05, 0) is 32.1 Å². The quantitative estimate of drug-likeness (QED) is 0.558. The molecule has 0 amide bonds. The summed E-state index contributed by atoms with van der Waals surface area (Å²) < 4.78 is 0. The van der Waals surface area contributed by atoms with E-state index in [1.54, 1.807) is 0 Å². The first-order valence-electron chi connectivity index (χ1n) is 7.17. The Morgan fingerprint density at radius 2 is 0.938 bits per heavy atom. The van der Waals surface area contributed by atoms with Gasteiger partial charge < -0.3 is 0 Å². The van der Waals surface area contributed by atoms with E-state index in [1.807, 2.05) is 0 Å². The summed E-state index contributed by atoms with van der Waals surface area (Å²) >= 11 is 0. The van der Waals surface area contributed by atoms with Crippen LogP contribution in [0.25, 0.3) is 0 Å². The first-order chi connectivity index (χ1) is 7.69. The predicted molar refractivity (Wildman–Crippen MR) is 73.7 cm³/mol. The summed E-state index contributed by atoms with van der Waals surface area (Å²) in [6.45, 7) is 18.4. The fourth-order valence-corrected chi connectivity index (χ4v) is 2.73.